The van der Waals surface area contributed by atoms with Crippen molar-refractivity contribution in [3.8, 4) is 0 Å². The number of rotatable bonds is 4. The Hall–Kier alpha value is -0.800. The molecular weight excluding hydrogens is 921 g/mol. The average molecular weight is 1030 g/mol. The summed E-state index contributed by atoms with van der Waals surface area (Å²) in [5, 5.41) is 0. The molecule has 0 amide bonds. The monoisotopic (exact) mass is 1030 g/mol. The number of alkyl halides is 8. The van der Waals surface area contributed by atoms with E-state index in [1.54, 1.807) is 0 Å². The van der Waals surface area contributed by atoms with Crippen LogP contribution in [0.5, 0.6) is 0 Å². The van der Waals surface area contributed by atoms with Crippen LogP contribution >= 0.6 is 0 Å². The Labute approximate surface area is 423 Å². The molecule has 0 heterocycles. The van der Waals surface area contributed by atoms with Crippen LogP contribution in [0.25, 0.3) is 0 Å². The van der Waals surface area contributed by atoms with Crippen molar-refractivity contribution in [2.45, 2.75) is 259 Å². The average Bonchev–Trinajstić information content (AvgIpc) is 3.28. The third-order valence-corrected chi connectivity index (χ3v) is 19.5. The maximum atomic E-state index is 14.0. The molecule has 0 radical (unpaired) electrons. The second-order valence-corrected chi connectivity index (χ2v) is 24.5. The van der Waals surface area contributed by atoms with Crippen LogP contribution in [-0.4, -0.2) is 82.2 Å². The van der Waals surface area contributed by atoms with Gasteiger partial charge in [0.25, 0.3) is 0 Å². The molecule has 12 N–H and O–H groups in total. The molecule has 0 spiro atoms. The lowest BCUT2D eigenvalue weighted by Crippen LogP contribution is -2.41. The van der Waals surface area contributed by atoms with Crippen molar-refractivity contribution in [3.63, 3.8) is 0 Å². The predicted molar refractivity (Wildman–Crippen MR) is 277 cm³/mol. The quantitative estimate of drug-likeness (QED) is 0.243. The molecule has 0 aromatic heterocycles. The van der Waals surface area contributed by atoms with Crippen LogP contribution in [0.2, 0.25) is 0 Å². The molecule has 0 aliphatic heterocycles. The molecule has 0 aromatic rings. The van der Waals surface area contributed by atoms with E-state index in [-0.39, 0.29) is 83.1 Å². The van der Waals surface area contributed by atoms with Gasteiger partial charge in [-0.2, -0.15) is 0 Å². The second kappa shape index (κ2) is 34.0. The van der Waals surface area contributed by atoms with E-state index in [1.807, 2.05) is 27.7 Å². The van der Waals surface area contributed by atoms with Gasteiger partial charge < -0.3 is 32.9 Å². The molecule has 6 nitrogen and oxygen atoms in total. The molecule has 70 heavy (non-hydrogen) atoms. The number of hydrogen-bond acceptors (Lipinski definition) is 0. The first-order chi connectivity index (χ1) is 30.4. The van der Waals surface area contributed by atoms with Gasteiger partial charge in [-0.3, -0.25) is 0 Å². The van der Waals surface area contributed by atoms with E-state index in [2.05, 4.69) is 27.7 Å². The zero-order chi connectivity index (χ0) is 46.8. The van der Waals surface area contributed by atoms with Crippen molar-refractivity contribution >= 4 is 0 Å². The minimum atomic E-state index is -1.21. The maximum absolute atomic E-state index is 14.0. The maximum Gasteiger partial charge on any atom is 0.134 e. The third kappa shape index (κ3) is 19.4. The summed E-state index contributed by atoms with van der Waals surface area (Å²) in [5.74, 6) is 4.73. The van der Waals surface area contributed by atoms with E-state index in [4.69, 9.17) is 0 Å². The minimum absolute atomic E-state index is 0. The molecule has 8 saturated carbocycles. The molecule has 14 heteroatoms. The zero-order valence-electron chi connectivity index (χ0n) is 44.9. The Morgan fingerprint density at radius 2 is 0.343 bits per heavy atom. The van der Waals surface area contributed by atoms with Gasteiger partial charge in [-0.15, -0.1) is 0 Å². The van der Waals surface area contributed by atoms with Gasteiger partial charge in [-0.05, 0) is 197 Å². The van der Waals surface area contributed by atoms with Gasteiger partial charge in [0.05, 0.1) is 0 Å². The van der Waals surface area contributed by atoms with Gasteiger partial charge in [0.1, 0.15) is 49.4 Å². The Balaban J connectivity index is -0.000000413. The van der Waals surface area contributed by atoms with E-state index in [9.17, 15) is 35.1 Å². The van der Waals surface area contributed by atoms with Crippen LogP contribution in [0.1, 0.15) is 212 Å². The highest BCUT2D eigenvalue weighted by Crippen LogP contribution is 2.47. The molecule has 8 aliphatic carbocycles. The topological polar surface area (TPSA) is 189 Å². The fourth-order valence-corrected chi connectivity index (χ4v) is 14.1. The highest BCUT2D eigenvalue weighted by molar-refractivity contribution is 4.94. The second-order valence-electron chi connectivity index (χ2n) is 24.5. The summed E-state index contributed by atoms with van der Waals surface area (Å²) in [5.41, 5.74) is 0. The Bertz CT molecular complexity index is 1120. The first kappa shape index (κ1) is 71.3. The molecule has 0 bridgehead atoms. The summed E-state index contributed by atoms with van der Waals surface area (Å²) in [7, 11) is 0. The minimum Gasteiger partial charge on any atom is -0.412 e. The lowest BCUT2D eigenvalue weighted by Gasteiger charge is -2.40. The zero-order valence-corrected chi connectivity index (χ0v) is 44.9. The third-order valence-electron chi connectivity index (χ3n) is 19.5. The van der Waals surface area contributed by atoms with Crippen LogP contribution < -0.4 is 0 Å². The molecule has 8 aliphatic rings. The normalized spacial score (nSPS) is 45.9. The lowest BCUT2D eigenvalue weighted by atomic mass is 9.68. The van der Waals surface area contributed by atoms with Gasteiger partial charge in [-0.25, -0.2) is 35.1 Å². The molecule has 428 valence electrons. The van der Waals surface area contributed by atoms with Crippen LogP contribution in [0, 0.1) is 94.7 Å². The fraction of sp³-hybridized carbons (Fsp3) is 1.00. The summed E-state index contributed by atoms with van der Waals surface area (Å²) in [4.78, 5) is 0. The van der Waals surface area contributed by atoms with Gasteiger partial charge in [0.15, 0.2) is 0 Å². The fourth-order valence-electron chi connectivity index (χ4n) is 14.1. The van der Waals surface area contributed by atoms with Crippen LogP contribution in [0.15, 0.2) is 0 Å². The molecule has 16 atom stereocenters. The molecule has 0 aromatic carbocycles. The van der Waals surface area contributed by atoms with Crippen LogP contribution in [-0.2, 0) is 0 Å². The summed E-state index contributed by atoms with van der Waals surface area (Å²) >= 11 is 0. The van der Waals surface area contributed by atoms with Crippen molar-refractivity contribution in [1.82, 2.24) is 0 Å². The Kier molecular flexibility index (Phi) is 34.6. The van der Waals surface area contributed by atoms with Crippen molar-refractivity contribution in [2.75, 3.05) is 0 Å². The van der Waals surface area contributed by atoms with Crippen molar-refractivity contribution in [2.24, 2.45) is 94.7 Å². The summed E-state index contributed by atoms with van der Waals surface area (Å²) in [6.45, 7) is 16.4. The highest BCUT2D eigenvalue weighted by atomic mass is 19.2. The molecule has 8 rings (SSSR count). The summed E-state index contributed by atoms with van der Waals surface area (Å²) < 4.78 is 111. The Morgan fingerprint density at radius 3 is 0.486 bits per heavy atom. The smallest absolute Gasteiger partial charge is 0.134 e. The van der Waals surface area contributed by atoms with Gasteiger partial charge in [0.2, 0.25) is 0 Å². The lowest BCUT2D eigenvalue weighted by molar-refractivity contribution is -0.00577. The predicted octanol–water partition coefficient (Wildman–Crippen LogP) is 13.7. The van der Waals surface area contributed by atoms with E-state index < -0.39 is 49.4 Å². The number of halogens is 8. The molecule has 8 fully saturated rings. The molecular formula is C56H112F8O6. The van der Waals surface area contributed by atoms with Gasteiger partial charge in [-0.1, -0.05) is 107 Å². The summed E-state index contributed by atoms with van der Waals surface area (Å²) in [6, 6.07) is 0. The molecule has 0 saturated heterocycles. The number of hydrogen-bond donors (Lipinski definition) is 0. The largest absolute Gasteiger partial charge is 0.412 e. The van der Waals surface area contributed by atoms with Crippen LogP contribution in [0.4, 0.5) is 35.1 Å². The Morgan fingerprint density at radius 1 is 0.200 bits per heavy atom. The summed E-state index contributed by atoms with van der Waals surface area (Å²) in [6.07, 6.45) is 16.1. The van der Waals surface area contributed by atoms with Crippen LogP contribution in [0.3, 0.4) is 0 Å². The van der Waals surface area contributed by atoms with Crippen molar-refractivity contribution < 1.29 is 70.8 Å². The van der Waals surface area contributed by atoms with Crippen molar-refractivity contribution in [3.05, 3.63) is 0 Å². The first-order valence-electron chi connectivity index (χ1n) is 27.5. The van der Waals surface area contributed by atoms with E-state index in [1.165, 1.54) is 51.4 Å². The van der Waals surface area contributed by atoms with E-state index >= 15 is 0 Å². The SMILES string of the molecule is CC1CCC(C2CCC(C)C(F)C2F)CC1.CC1CCC(C2CCC(C)C(F)C2F)CC1.CC1CCC(C2CCC(C)C(F)C2F)CC1.CC1CCC(C2CCC(C)C(F)C2F)CC1.O.O.O.O.O.O.[HH].[HH]. The standard InChI is InChI=1S/4C14H24F2.6H2O.2H2/c4*1-9-3-6-11(7-4-9)12-8-5-10(2)13(15)14(12)16;;;;;;;;/h4*9-14H,3-8H2,1-2H3;6*1H2;2*1H. The van der Waals surface area contributed by atoms with Gasteiger partial charge >= 0.3 is 0 Å². The first-order valence-corrected chi connectivity index (χ1v) is 27.5. The molecule has 16 unspecified atom stereocenters. The van der Waals surface area contributed by atoms with Gasteiger partial charge in [0, 0.05) is 2.85 Å². The van der Waals surface area contributed by atoms with E-state index in [0.29, 0.717) is 23.7 Å². The van der Waals surface area contributed by atoms with Crippen molar-refractivity contribution in [1.29, 1.82) is 0 Å². The highest BCUT2D eigenvalue weighted by Gasteiger charge is 2.45. The van der Waals surface area contributed by atoms with E-state index in [0.717, 1.165) is 126 Å².